The highest BCUT2D eigenvalue weighted by molar-refractivity contribution is 7.99. The zero-order chi connectivity index (χ0) is 16.8. The van der Waals surface area contributed by atoms with Crippen LogP contribution in [0.4, 0.5) is 5.69 Å². The Labute approximate surface area is 139 Å². The van der Waals surface area contributed by atoms with Gasteiger partial charge in [0.1, 0.15) is 0 Å². The Kier molecular flexibility index (Phi) is 7.07. The van der Waals surface area contributed by atoms with E-state index in [0.717, 1.165) is 19.0 Å². The molecule has 0 saturated carbocycles. The maximum absolute atomic E-state index is 4.30. The van der Waals surface area contributed by atoms with Crippen molar-refractivity contribution in [3.63, 3.8) is 0 Å². The first-order valence-corrected chi connectivity index (χ1v) is 8.78. The SMILES string of the molecule is CN=C(NCc1ccc(C)cc1N(C)C)NCC(C)(C)SC. The van der Waals surface area contributed by atoms with Gasteiger partial charge in [0.15, 0.2) is 5.96 Å². The lowest BCUT2D eigenvalue weighted by atomic mass is 10.1. The molecule has 2 N–H and O–H groups in total. The van der Waals surface area contributed by atoms with Gasteiger partial charge >= 0.3 is 0 Å². The van der Waals surface area contributed by atoms with Crippen LogP contribution in [0.2, 0.25) is 0 Å². The van der Waals surface area contributed by atoms with Crippen LogP contribution in [0, 0.1) is 6.92 Å². The van der Waals surface area contributed by atoms with Gasteiger partial charge in [-0.05, 0) is 44.2 Å². The number of thioether (sulfide) groups is 1. The number of aliphatic imine (C=N–C) groups is 1. The van der Waals surface area contributed by atoms with E-state index in [2.05, 4.69) is 79.8 Å². The number of guanidine groups is 1. The van der Waals surface area contributed by atoms with E-state index in [-0.39, 0.29) is 4.75 Å². The van der Waals surface area contributed by atoms with E-state index in [1.807, 2.05) is 18.8 Å². The van der Waals surface area contributed by atoms with Gasteiger partial charge in [-0.3, -0.25) is 4.99 Å². The van der Waals surface area contributed by atoms with E-state index in [1.54, 1.807) is 0 Å². The summed E-state index contributed by atoms with van der Waals surface area (Å²) >= 11 is 1.85. The highest BCUT2D eigenvalue weighted by Gasteiger charge is 2.16. The molecule has 0 fully saturated rings. The number of aryl methyl sites for hydroxylation is 1. The van der Waals surface area contributed by atoms with Crippen molar-refractivity contribution >= 4 is 23.4 Å². The Morgan fingerprint density at radius 1 is 1.27 bits per heavy atom. The molecular weight excluding hydrogens is 292 g/mol. The summed E-state index contributed by atoms with van der Waals surface area (Å²) in [4.78, 5) is 6.45. The number of hydrogen-bond donors (Lipinski definition) is 2. The minimum Gasteiger partial charge on any atom is -0.377 e. The summed E-state index contributed by atoms with van der Waals surface area (Å²) in [6, 6.07) is 6.54. The van der Waals surface area contributed by atoms with Crippen molar-refractivity contribution in [2.24, 2.45) is 4.99 Å². The molecular formula is C17H30N4S. The molecule has 0 aromatic heterocycles. The van der Waals surface area contributed by atoms with Crippen LogP contribution in [-0.4, -0.2) is 44.7 Å². The highest BCUT2D eigenvalue weighted by Crippen LogP contribution is 2.21. The van der Waals surface area contributed by atoms with Crippen LogP contribution in [0.3, 0.4) is 0 Å². The minimum absolute atomic E-state index is 0.191. The maximum atomic E-state index is 4.30. The zero-order valence-corrected chi connectivity index (χ0v) is 15.8. The molecule has 0 spiro atoms. The Morgan fingerprint density at radius 3 is 2.50 bits per heavy atom. The topological polar surface area (TPSA) is 39.7 Å². The number of hydrogen-bond acceptors (Lipinski definition) is 3. The standard InChI is InChI=1S/C17H30N4S/c1-13-8-9-14(15(10-13)21(5)6)11-19-16(18-4)20-12-17(2,3)22-7/h8-10H,11-12H2,1-7H3,(H2,18,19,20). The van der Waals surface area contributed by atoms with Crippen LogP contribution in [0.1, 0.15) is 25.0 Å². The Balaban J connectivity index is 2.68. The molecule has 1 aromatic carbocycles. The van der Waals surface area contributed by atoms with Gasteiger partial charge in [0.2, 0.25) is 0 Å². The lowest BCUT2D eigenvalue weighted by Crippen LogP contribution is -2.43. The maximum Gasteiger partial charge on any atom is 0.191 e. The average Bonchev–Trinajstić information content (AvgIpc) is 2.48. The van der Waals surface area contributed by atoms with Gasteiger partial charge in [0, 0.05) is 44.7 Å². The highest BCUT2D eigenvalue weighted by atomic mass is 32.2. The molecule has 0 amide bonds. The third-order valence-electron chi connectivity index (χ3n) is 3.63. The smallest absolute Gasteiger partial charge is 0.191 e. The molecule has 0 radical (unpaired) electrons. The molecule has 4 nitrogen and oxygen atoms in total. The predicted octanol–water partition coefficient (Wildman–Crippen LogP) is 2.87. The molecule has 1 aromatic rings. The number of nitrogens with zero attached hydrogens (tertiary/aromatic N) is 2. The van der Waals surface area contributed by atoms with Crippen LogP contribution in [0.5, 0.6) is 0 Å². The zero-order valence-electron chi connectivity index (χ0n) is 14.9. The van der Waals surface area contributed by atoms with Gasteiger partial charge in [0.05, 0.1) is 0 Å². The van der Waals surface area contributed by atoms with Crippen molar-refractivity contribution in [3.05, 3.63) is 29.3 Å². The molecule has 22 heavy (non-hydrogen) atoms. The van der Waals surface area contributed by atoms with Crippen molar-refractivity contribution in [1.82, 2.24) is 10.6 Å². The fourth-order valence-electron chi connectivity index (χ4n) is 2.01. The van der Waals surface area contributed by atoms with E-state index >= 15 is 0 Å². The van der Waals surface area contributed by atoms with E-state index < -0.39 is 0 Å². The second-order valence-electron chi connectivity index (χ2n) is 6.27. The molecule has 0 aliphatic carbocycles. The lowest BCUT2D eigenvalue weighted by Gasteiger charge is -2.24. The van der Waals surface area contributed by atoms with Crippen molar-refractivity contribution in [2.45, 2.75) is 32.1 Å². The molecule has 124 valence electrons. The quantitative estimate of drug-likeness (QED) is 0.624. The van der Waals surface area contributed by atoms with Gasteiger partial charge in [-0.15, -0.1) is 0 Å². The molecule has 0 aliphatic rings. The first-order valence-electron chi connectivity index (χ1n) is 7.55. The van der Waals surface area contributed by atoms with Crippen LogP contribution in [0.15, 0.2) is 23.2 Å². The molecule has 5 heteroatoms. The average molecular weight is 323 g/mol. The fraction of sp³-hybridized carbons (Fsp3) is 0.588. The summed E-state index contributed by atoms with van der Waals surface area (Å²) in [5.41, 5.74) is 3.78. The van der Waals surface area contributed by atoms with E-state index in [1.165, 1.54) is 16.8 Å². The number of nitrogens with one attached hydrogen (secondary N) is 2. The number of rotatable bonds is 6. The van der Waals surface area contributed by atoms with Crippen LogP contribution in [0.25, 0.3) is 0 Å². The number of anilines is 1. The van der Waals surface area contributed by atoms with E-state index in [4.69, 9.17) is 0 Å². The minimum atomic E-state index is 0.191. The second-order valence-corrected chi connectivity index (χ2v) is 7.78. The number of benzene rings is 1. The molecule has 0 aliphatic heterocycles. The van der Waals surface area contributed by atoms with E-state index in [9.17, 15) is 0 Å². The third-order valence-corrected chi connectivity index (χ3v) is 4.88. The fourth-order valence-corrected chi connectivity index (χ4v) is 2.22. The van der Waals surface area contributed by atoms with Crippen LogP contribution < -0.4 is 15.5 Å². The molecule has 0 bridgehead atoms. The summed E-state index contributed by atoms with van der Waals surface area (Å²) in [6.07, 6.45) is 2.13. The van der Waals surface area contributed by atoms with Crippen molar-refractivity contribution < 1.29 is 0 Å². The van der Waals surface area contributed by atoms with Gasteiger partial charge in [-0.2, -0.15) is 11.8 Å². The first-order chi connectivity index (χ1) is 10.3. The Bertz CT molecular complexity index is 509. The molecule has 0 heterocycles. The Morgan fingerprint density at radius 2 is 1.95 bits per heavy atom. The van der Waals surface area contributed by atoms with Gasteiger partial charge in [0.25, 0.3) is 0 Å². The summed E-state index contributed by atoms with van der Waals surface area (Å²) in [5.74, 6) is 0.840. The van der Waals surface area contributed by atoms with Gasteiger partial charge < -0.3 is 15.5 Å². The summed E-state index contributed by atoms with van der Waals surface area (Å²) < 4.78 is 0.191. The third kappa shape index (κ3) is 5.79. The molecule has 0 saturated heterocycles. The Hall–Kier alpha value is -1.36. The largest absolute Gasteiger partial charge is 0.377 e. The predicted molar refractivity (Wildman–Crippen MR) is 101 cm³/mol. The van der Waals surface area contributed by atoms with E-state index in [0.29, 0.717) is 0 Å². The van der Waals surface area contributed by atoms with Crippen molar-refractivity contribution in [3.8, 4) is 0 Å². The summed E-state index contributed by atoms with van der Waals surface area (Å²) in [6.45, 7) is 8.20. The molecule has 0 atom stereocenters. The van der Waals surface area contributed by atoms with Gasteiger partial charge in [-0.1, -0.05) is 12.1 Å². The molecule has 0 unspecified atom stereocenters. The van der Waals surface area contributed by atoms with Crippen molar-refractivity contribution in [1.29, 1.82) is 0 Å². The van der Waals surface area contributed by atoms with Crippen molar-refractivity contribution in [2.75, 3.05) is 38.8 Å². The van der Waals surface area contributed by atoms with Crippen LogP contribution >= 0.6 is 11.8 Å². The molecule has 1 rings (SSSR count). The first kappa shape index (κ1) is 18.7. The van der Waals surface area contributed by atoms with Gasteiger partial charge in [-0.25, -0.2) is 0 Å². The van der Waals surface area contributed by atoms with Crippen LogP contribution in [-0.2, 0) is 6.54 Å². The summed E-state index contributed by atoms with van der Waals surface area (Å²) in [7, 11) is 5.96. The second kappa shape index (κ2) is 8.32. The summed E-state index contributed by atoms with van der Waals surface area (Å²) in [5, 5.41) is 6.80. The lowest BCUT2D eigenvalue weighted by molar-refractivity contribution is 0.664. The normalized spacial score (nSPS) is 12.2. The monoisotopic (exact) mass is 322 g/mol.